The number of H-pyrrole nitrogens is 1. The molecule has 0 aliphatic carbocycles. The quantitative estimate of drug-likeness (QED) is 0.762. The monoisotopic (exact) mass is 222 g/mol. The van der Waals surface area contributed by atoms with Gasteiger partial charge in [0.15, 0.2) is 0 Å². The SMILES string of the molecule is C/C=C\c1nc(C)[nH]c1/C=C\C.CC.CC. The first-order valence-corrected chi connectivity index (χ1v) is 6.10. The van der Waals surface area contributed by atoms with E-state index in [9.17, 15) is 0 Å². The van der Waals surface area contributed by atoms with Gasteiger partial charge in [0.2, 0.25) is 0 Å². The lowest BCUT2D eigenvalue weighted by Gasteiger charge is -1.87. The third-order valence-corrected chi connectivity index (χ3v) is 1.54. The molecule has 2 nitrogen and oxygen atoms in total. The Kier molecular flexibility index (Phi) is 12.6. The van der Waals surface area contributed by atoms with Crippen LogP contribution in [-0.2, 0) is 0 Å². The smallest absolute Gasteiger partial charge is 0.104 e. The van der Waals surface area contributed by atoms with Crippen LogP contribution in [-0.4, -0.2) is 9.97 Å². The highest BCUT2D eigenvalue weighted by atomic mass is 14.9. The molecule has 1 heterocycles. The lowest BCUT2D eigenvalue weighted by atomic mass is 10.3. The Morgan fingerprint density at radius 1 is 0.938 bits per heavy atom. The van der Waals surface area contributed by atoms with Crippen LogP contribution < -0.4 is 0 Å². The van der Waals surface area contributed by atoms with Crippen molar-refractivity contribution in [3.63, 3.8) is 0 Å². The Morgan fingerprint density at radius 3 is 1.88 bits per heavy atom. The maximum absolute atomic E-state index is 4.33. The highest BCUT2D eigenvalue weighted by Crippen LogP contribution is 2.09. The molecule has 1 N–H and O–H groups in total. The average Bonchev–Trinajstić information content (AvgIpc) is 2.66. The van der Waals surface area contributed by atoms with Gasteiger partial charge in [0, 0.05) is 0 Å². The molecule has 0 aliphatic heterocycles. The first kappa shape index (κ1) is 17.1. The normalized spacial score (nSPS) is 9.69. The van der Waals surface area contributed by atoms with Gasteiger partial charge in [-0.3, -0.25) is 0 Å². The number of aromatic nitrogens is 2. The van der Waals surface area contributed by atoms with Crippen LogP contribution in [0.3, 0.4) is 0 Å². The molecule has 16 heavy (non-hydrogen) atoms. The highest BCUT2D eigenvalue weighted by molar-refractivity contribution is 5.59. The average molecular weight is 222 g/mol. The van der Waals surface area contributed by atoms with E-state index < -0.39 is 0 Å². The molecule has 0 fully saturated rings. The van der Waals surface area contributed by atoms with Gasteiger partial charge in [0.25, 0.3) is 0 Å². The standard InChI is InChI=1S/C10H14N2.2C2H6/c1-4-6-9-10(7-5-2)12-8(3)11-9;2*1-2/h4-7H,1-3H3,(H,11,12);2*1-2H3/b6-4-,7-5-;;. The van der Waals surface area contributed by atoms with Gasteiger partial charge in [-0.1, -0.05) is 39.8 Å². The van der Waals surface area contributed by atoms with Gasteiger partial charge in [0.05, 0.1) is 11.4 Å². The minimum Gasteiger partial charge on any atom is -0.342 e. The summed E-state index contributed by atoms with van der Waals surface area (Å²) < 4.78 is 0. The van der Waals surface area contributed by atoms with E-state index in [1.165, 1.54) is 0 Å². The first-order valence-electron chi connectivity index (χ1n) is 6.10. The summed E-state index contributed by atoms with van der Waals surface area (Å²) in [6.45, 7) is 13.9. The summed E-state index contributed by atoms with van der Waals surface area (Å²) >= 11 is 0. The largest absolute Gasteiger partial charge is 0.342 e. The molecule has 0 atom stereocenters. The molecule has 0 saturated heterocycles. The fourth-order valence-electron chi connectivity index (χ4n) is 1.11. The van der Waals surface area contributed by atoms with Crippen molar-refractivity contribution in [1.29, 1.82) is 0 Å². The number of aromatic amines is 1. The molecular formula is C14H26N2. The van der Waals surface area contributed by atoms with Gasteiger partial charge in [-0.15, -0.1) is 0 Å². The van der Waals surface area contributed by atoms with Crippen LogP contribution >= 0.6 is 0 Å². The van der Waals surface area contributed by atoms with Crippen molar-refractivity contribution in [3.05, 3.63) is 29.4 Å². The topological polar surface area (TPSA) is 28.7 Å². The molecule has 1 aromatic rings. The molecule has 0 radical (unpaired) electrons. The third kappa shape index (κ3) is 6.23. The Balaban J connectivity index is 0. The van der Waals surface area contributed by atoms with E-state index >= 15 is 0 Å². The fraction of sp³-hybridized carbons (Fsp3) is 0.500. The van der Waals surface area contributed by atoms with Crippen LogP contribution in [0.5, 0.6) is 0 Å². The van der Waals surface area contributed by atoms with Crippen LogP contribution in [0.2, 0.25) is 0 Å². The van der Waals surface area contributed by atoms with Crippen LogP contribution in [0.4, 0.5) is 0 Å². The minimum atomic E-state index is 0.955. The number of aryl methyl sites for hydroxylation is 1. The predicted octanol–water partition coefficient (Wildman–Crippen LogP) is 4.84. The van der Waals surface area contributed by atoms with Gasteiger partial charge in [-0.2, -0.15) is 0 Å². The number of nitrogens with one attached hydrogen (secondary N) is 1. The van der Waals surface area contributed by atoms with Gasteiger partial charge < -0.3 is 4.98 Å². The molecule has 1 rings (SSSR count). The van der Waals surface area contributed by atoms with Crippen molar-refractivity contribution in [2.75, 3.05) is 0 Å². The number of hydrogen-bond donors (Lipinski definition) is 1. The summed E-state index contributed by atoms with van der Waals surface area (Å²) in [5.41, 5.74) is 2.08. The zero-order chi connectivity index (χ0) is 13.0. The van der Waals surface area contributed by atoms with Crippen molar-refractivity contribution >= 4 is 12.2 Å². The lowest BCUT2D eigenvalue weighted by Crippen LogP contribution is -1.75. The number of imidazole rings is 1. The summed E-state index contributed by atoms with van der Waals surface area (Å²) in [6, 6.07) is 0. The van der Waals surface area contributed by atoms with Crippen molar-refractivity contribution in [3.8, 4) is 0 Å². The molecule has 2 heteroatoms. The Morgan fingerprint density at radius 2 is 1.44 bits per heavy atom. The van der Waals surface area contributed by atoms with Crippen LogP contribution in [0.25, 0.3) is 12.2 Å². The number of nitrogens with zero attached hydrogens (tertiary/aromatic N) is 1. The van der Waals surface area contributed by atoms with Crippen LogP contribution in [0.15, 0.2) is 12.2 Å². The molecule has 0 bridgehead atoms. The molecular weight excluding hydrogens is 196 g/mol. The van der Waals surface area contributed by atoms with E-state index in [2.05, 4.69) is 9.97 Å². The molecule has 0 saturated carbocycles. The Labute approximate surface area is 101 Å². The Hall–Kier alpha value is -1.31. The van der Waals surface area contributed by atoms with Crippen LogP contribution in [0.1, 0.15) is 58.8 Å². The number of allylic oxidation sites excluding steroid dienone is 2. The van der Waals surface area contributed by atoms with Gasteiger partial charge in [0.1, 0.15) is 5.82 Å². The van der Waals surface area contributed by atoms with Crippen LogP contribution in [0, 0.1) is 6.92 Å². The summed E-state index contributed by atoms with van der Waals surface area (Å²) in [4.78, 5) is 7.51. The molecule has 0 unspecified atom stereocenters. The summed E-state index contributed by atoms with van der Waals surface area (Å²) in [5.74, 6) is 0.955. The highest BCUT2D eigenvalue weighted by Gasteiger charge is 1.99. The van der Waals surface area contributed by atoms with E-state index in [0.717, 1.165) is 17.2 Å². The molecule has 0 aliphatic rings. The molecule has 92 valence electrons. The molecule has 0 spiro atoms. The van der Waals surface area contributed by atoms with Gasteiger partial charge in [-0.25, -0.2) is 4.98 Å². The number of hydrogen-bond acceptors (Lipinski definition) is 1. The summed E-state index contributed by atoms with van der Waals surface area (Å²) in [6.07, 6.45) is 8.01. The minimum absolute atomic E-state index is 0.955. The molecule has 0 amide bonds. The molecule has 1 aromatic heterocycles. The zero-order valence-electron chi connectivity index (χ0n) is 11.8. The second-order valence-corrected chi connectivity index (χ2v) is 2.62. The summed E-state index contributed by atoms with van der Waals surface area (Å²) in [5, 5.41) is 0. The van der Waals surface area contributed by atoms with Crippen molar-refractivity contribution in [2.24, 2.45) is 0 Å². The summed E-state index contributed by atoms with van der Waals surface area (Å²) in [7, 11) is 0. The van der Waals surface area contributed by atoms with E-state index in [1.807, 2.05) is 72.8 Å². The van der Waals surface area contributed by atoms with E-state index in [-0.39, 0.29) is 0 Å². The van der Waals surface area contributed by atoms with Gasteiger partial charge >= 0.3 is 0 Å². The Bertz CT molecular complexity index is 277. The lowest BCUT2D eigenvalue weighted by molar-refractivity contribution is 1.14. The second-order valence-electron chi connectivity index (χ2n) is 2.62. The van der Waals surface area contributed by atoms with Crippen molar-refractivity contribution in [2.45, 2.75) is 48.5 Å². The first-order chi connectivity index (χ1) is 7.77. The molecule has 0 aromatic carbocycles. The number of rotatable bonds is 2. The zero-order valence-corrected chi connectivity index (χ0v) is 11.8. The van der Waals surface area contributed by atoms with Crippen molar-refractivity contribution in [1.82, 2.24) is 9.97 Å². The van der Waals surface area contributed by atoms with Gasteiger partial charge in [-0.05, 0) is 32.9 Å². The maximum atomic E-state index is 4.33. The maximum Gasteiger partial charge on any atom is 0.104 e. The predicted molar refractivity (Wildman–Crippen MR) is 75.4 cm³/mol. The second kappa shape index (κ2) is 11.8. The van der Waals surface area contributed by atoms with Crippen molar-refractivity contribution < 1.29 is 0 Å². The van der Waals surface area contributed by atoms with E-state index in [4.69, 9.17) is 0 Å². The third-order valence-electron chi connectivity index (χ3n) is 1.54. The van der Waals surface area contributed by atoms with E-state index in [1.54, 1.807) is 0 Å². The fourth-order valence-corrected chi connectivity index (χ4v) is 1.11. The van der Waals surface area contributed by atoms with E-state index in [0.29, 0.717) is 0 Å².